The largest absolute Gasteiger partial charge is 0.440 e. The summed E-state index contributed by atoms with van der Waals surface area (Å²) in [5.74, 6) is 1.00. The summed E-state index contributed by atoms with van der Waals surface area (Å²) in [7, 11) is -3.18. The van der Waals surface area contributed by atoms with Crippen LogP contribution in [0.5, 0.6) is 0 Å². The van der Waals surface area contributed by atoms with E-state index in [0.717, 1.165) is 5.56 Å². The van der Waals surface area contributed by atoms with Gasteiger partial charge >= 0.3 is 7.60 Å². The first-order valence-corrected chi connectivity index (χ1v) is 8.69. The second kappa shape index (κ2) is 7.03. The minimum absolute atomic E-state index is 0.0422. The van der Waals surface area contributed by atoms with E-state index in [9.17, 15) is 4.57 Å². The minimum atomic E-state index is -3.18. The Balaban J connectivity index is 2.15. The van der Waals surface area contributed by atoms with Crippen molar-refractivity contribution in [3.05, 3.63) is 41.9 Å². The van der Waals surface area contributed by atoms with Gasteiger partial charge in [0.15, 0.2) is 5.76 Å². The first-order chi connectivity index (χ1) is 10.1. The molecule has 0 saturated carbocycles. The zero-order chi connectivity index (χ0) is 15.3. The van der Waals surface area contributed by atoms with Crippen LogP contribution in [-0.4, -0.2) is 18.2 Å². The van der Waals surface area contributed by atoms with Crippen LogP contribution in [0.4, 0.5) is 0 Å². The van der Waals surface area contributed by atoms with Crippen molar-refractivity contribution < 1.29 is 18.0 Å². The van der Waals surface area contributed by atoms with Gasteiger partial charge in [-0.15, -0.1) is 0 Å². The van der Waals surface area contributed by atoms with Gasteiger partial charge in [-0.25, -0.2) is 4.98 Å². The second-order valence-corrected chi connectivity index (χ2v) is 6.64. The smallest absolute Gasteiger partial charge is 0.339 e. The van der Waals surface area contributed by atoms with E-state index < -0.39 is 7.60 Å². The van der Waals surface area contributed by atoms with Gasteiger partial charge in [0, 0.05) is 5.56 Å². The molecule has 0 fully saturated rings. The van der Waals surface area contributed by atoms with Crippen LogP contribution in [0.2, 0.25) is 0 Å². The van der Waals surface area contributed by atoms with E-state index in [4.69, 9.17) is 13.5 Å². The van der Waals surface area contributed by atoms with Crippen molar-refractivity contribution in [3.63, 3.8) is 0 Å². The third-order valence-electron chi connectivity index (χ3n) is 2.87. The molecule has 0 saturated heterocycles. The highest BCUT2D eigenvalue weighted by Gasteiger charge is 2.27. The lowest BCUT2D eigenvalue weighted by atomic mass is 10.1. The Labute approximate surface area is 124 Å². The van der Waals surface area contributed by atoms with Crippen LogP contribution in [-0.2, 0) is 19.8 Å². The van der Waals surface area contributed by atoms with Gasteiger partial charge in [0.25, 0.3) is 0 Å². The lowest BCUT2D eigenvalue weighted by Crippen LogP contribution is -1.99. The fourth-order valence-corrected chi connectivity index (χ4v) is 3.44. The van der Waals surface area contributed by atoms with E-state index in [1.54, 1.807) is 20.0 Å². The Morgan fingerprint density at radius 1 is 1.14 bits per heavy atom. The van der Waals surface area contributed by atoms with Crippen LogP contribution in [0.25, 0.3) is 11.3 Å². The first kappa shape index (κ1) is 16.0. The molecule has 0 spiro atoms. The van der Waals surface area contributed by atoms with Crippen LogP contribution in [0.15, 0.2) is 34.9 Å². The molecule has 0 radical (unpaired) electrons. The molecule has 0 amide bonds. The van der Waals surface area contributed by atoms with Crippen LogP contribution in [0.1, 0.15) is 25.3 Å². The van der Waals surface area contributed by atoms with E-state index >= 15 is 0 Å². The van der Waals surface area contributed by atoms with E-state index in [2.05, 4.69) is 4.98 Å². The van der Waals surface area contributed by atoms with Crippen molar-refractivity contribution in [1.82, 2.24) is 4.98 Å². The monoisotopic (exact) mass is 309 g/mol. The summed E-state index contributed by atoms with van der Waals surface area (Å²) in [4.78, 5) is 4.17. The Morgan fingerprint density at radius 3 is 2.33 bits per heavy atom. The van der Waals surface area contributed by atoms with Gasteiger partial charge in [-0.2, -0.15) is 0 Å². The maximum atomic E-state index is 12.4. The number of oxazole rings is 1. The van der Waals surface area contributed by atoms with Gasteiger partial charge in [0.05, 0.1) is 19.4 Å². The Bertz CT molecular complexity index is 611. The van der Waals surface area contributed by atoms with Crippen molar-refractivity contribution in [3.8, 4) is 11.3 Å². The highest BCUT2D eigenvalue weighted by molar-refractivity contribution is 7.52. The molecule has 0 aliphatic carbocycles. The number of aryl methyl sites for hydroxylation is 1. The average molecular weight is 309 g/mol. The fourth-order valence-electron chi connectivity index (χ4n) is 1.92. The molecule has 0 aliphatic rings. The van der Waals surface area contributed by atoms with Gasteiger partial charge in [-0.1, -0.05) is 29.8 Å². The lowest BCUT2D eigenvalue weighted by molar-refractivity contribution is 0.217. The highest BCUT2D eigenvalue weighted by Crippen LogP contribution is 2.51. The molecule has 1 heterocycles. The summed E-state index contributed by atoms with van der Waals surface area (Å²) < 4.78 is 28.6. The molecular formula is C15H20NO4P. The summed E-state index contributed by atoms with van der Waals surface area (Å²) >= 11 is 0. The first-order valence-electron chi connectivity index (χ1n) is 6.96. The third-order valence-corrected chi connectivity index (χ3v) is 4.83. The van der Waals surface area contributed by atoms with Gasteiger partial charge in [0.1, 0.15) is 6.16 Å². The predicted molar refractivity (Wildman–Crippen MR) is 81.2 cm³/mol. The Hall–Kier alpha value is -1.42. The molecular weight excluding hydrogens is 289 g/mol. The number of nitrogens with zero attached hydrogens (tertiary/aromatic N) is 1. The van der Waals surface area contributed by atoms with Gasteiger partial charge < -0.3 is 13.5 Å². The summed E-state index contributed by atoms with van der Waals surface area (Å²) in [5, 5.41) is 0. The zero-order valence-electron chi connectivity index (χ0n) is 12.5. The molecule has 2 rings (SSSR count). The number of rotatable bonds is 7. The Morgan fingerprint density at radius 2 is 1.76 bits per heavy atom. The molecule has 0 bridgehead atoms. The molecule has 2 aromatic rings. The molecule has 6 heteroatoms. The zero-order valence-corrected chi connectivity index (χ0v) is 13.4. The molecule has 114 valence electrons. The van der Waals surface area contributed by atoms with Crippen LogP contribution < -0.4 is 0 Å². The number of hydrogen-bond donors (Lipinski definition) is 0. The topological polar surface area (TPSA) is 61.6 Å². The van der Waals surface area contributed by atoms with Gasteiger partial charge in [-0.05, 0) is 20.8 Å². The summed E-state index contributed by atoms with van der Waals surface area (Å²) in [6.07, 6.45) is 1.67. The van der Waals surface area contributed by atoms with Crippen molar-refractivity contribution in [2.24, 2.45) is 0 Å². The van der Waals surface area contributed by atoms with E-state index in [1.807, 2.05) is 31.2 Å². The molecule has 0 aliphatic heterocycles. The molecule has 21 heavy (non-hydrogen) atoms. The summed E-state index contributed by atoms with van der Waals surface area (Å²) in [5.41, 5.74) is 2.11. The van der Waals surface area contributed by atoms with Crippen molar-refractivity contribution in [2.75, 3.05) is 13.2 Å². The van der Waals surface area contributed by atoms with Crippen LogP contribution in [0, 0.1) is 6.92 Å². The summed E-state index contributed by atoms with van der Waals surface area (Å²) in [6, 6.07) is 7.93. The average Bonchev–Trinajstić information content (AvgIpc) is 2.88. The molecule has 1 aromatic heterocycles. The van der Waals surface area contributed by atoms with Crippen LogP contribution >= 0.6 is 7.60 Å². The summed E-state index contributed by atoms with van der Waals surface area (Å²) in [6.45, 7) is 6.22. The van der Waals surface area contributed by atoms with E-state index in [-0.39, 0.29) is 6.16 Å². The van der Waals surface area contributed by atoms with Crippen molar-refractivity contribution >= 4 is 7.60 Å². The number of hydrogen-bond acceptors (Lipinski definition) is 5. The third kappa shape index (κ3) is 4.27. The van der Waals surface area contributed by atoms with Crippen molar-refractivity contribution in [2.45, 2.75) is 26.9 Å². The fraction of sp³-hybridized carbons (Fsp3) is 0.400. The van der Waals surface area contributed by atoms with Gasteiger partial charge in [0.2, 0.25) is 5.89 Å². The van der Waals surface area contributed by atoms with E-state index in [1.165, 1.54) is 5.56 Å². The maximum absolute atomic E-state index is 12.4. The Kier molecular flexibility index (Phi) is 5.34. The lowest BCUT2D eigenvalue weighted by Gasteiger charge is -2.14. The molecule has 0 atom stereocenters. The van der Waals surface area contributed by atoms with E-state index in [0.29, 0.717) is 24.9 Å². The predicted octanol–water partition coefficient (Wildman–Crippen LogP) is 4.42. The molecule has 0 unspecified atom stereocenters. The van der Waals surface area contributed by atoms with Gasteiger partial charge in [-0.3, -0.25) is 4.57 Å². The molecule has 0 N–H and O–H groups in total. The highest BCUT2D eigenvalue weighted by atomic mass is 31.2. The normalized spacial score (nSPS) is 11.8. The minimum Gasteiger partial charge on any atom is -0.440 e. The number of aromatic nitrogens is 1. The van der Waals surface area contributed by atoms with Crippen LogP contribution in [0.3, 0.4) is 0 Å². The molecule has 1 aromatic carbocycles. The maximum Gasteiger partial charge on any atom is 0.339 e. The molecule has 5 nitrogen and oxygen atoms in total. The number of benzene rings is 1. The van der Waals surface area contributed by atoms with Crippen molar-refractivity contribution in [1.29, 1.82) is 0 Å². The second-order valence-electron chi connectivity index (χ2n) is 4.59. The SMILES string of the molecule is CCOP(=O)(Cc1ncc(-c2ccc(C)cc2)o1)OCC. The standard InChI is InChI=1S/C15H20NO4P/c1-4-18-21(17,19-5-2)11-15-16-10-14(20-15)13-8-6-12(3)7-9-13/h6-10H,4-5,11H2,1-3H3. The quantitative estimate of drug-likeness (QED) is 0.709.